The molecule has 96 valence electrons. The maximum Gasteiger partial charge on any atom is 0.373 e. The fraction of sp³-hybridized carbons (Fsp3) is 0.231. The molecule has 0 aliphatic rings. The summed E-state index contributed by atoms with van der Waals surface area (Å²) in [6.07, 6.45) is 1.30. The Balaban J connectivity index is 2.79. The van der Waals surface area contributed by atoms with Crippen LogP contribution in [0, 0.1) is 6.92 Å². The van der Waals surface area contributed by atoms with E-state index in [1.807, 2.05) is 6.92 Å². The van der Waals surface area contributed by atoms with Crippen LogP contribution in [0.15, 0.2) is 35.7 Å². The van der Waals surface area contributed by atoms with Crippen molar-refractivity contribution in [3.05, 3.63) is 41.7 Å². The van der Waals surface area contributed by atoms with Crippen molar-refractivity contribution >= 4 is 12.2 Å². The Hall–Kier alpha value is -2.30. The van der Waals surface area contributed by atoms with Crippen LogP contribution >= 0.6 is 0 Å². The third kappa shape index (κ3) is 3.62. The lowest BCUT2D eigenvalue weighted by molar-refractivity contribution is -0.140. The zero-order valence-corrected chi connectivity index (χ0v) is 10.3. The van der Waals surface area contributed by atoms with Crippen LogP contribution in [-0.4, -0.2) is 24.0 Å². The summed E-state index contributed by atoms with van der Waals surface area (Å²) in [6, 6.07) is 5.12. The van der Waals surface area contributed by atoms with Gasteiger partial charge >= 0.3 is 5.97 Å². The average Bonchev–Trinajstić information content (AvgIpc) is 2.33. The largest absolute Gasteiger partial charge is 0.460 e. The molecule has 0 atom stereocenters. The first-order valence-electron chi connectivity index (χ1n) is 5.40. The molecule has 5 heteroatoms. The van der Waals surface area contributed by atoms with Crippen molar-refractivity contribution in [3.63, 3.8) is 0 Å². The molecule has 0 aliphatic heterocycles. The van der Waals surface area contributed by atoms with Crippen molar-refractivity contribution in [2.24, 2.45) is 5.16 Å². The Morgan fingerprint density at radius 3 is 2.83 bits per heavy atom. The van der Waals surface area contributed by atoms with Gasteiger partial charge < -0.3 is 14.7 Å². The molecule has 1 aromatic carbocycles. The predicted molar refractivity (Wildman–Crippen MR) is 67.0 cm³/mol. The van der Waals surface area contributed by atoms with Crippen molar-refractivity contribution in [1.29, 1.82) is 0 Å². The van der Waals surface area contributed by atoms with Crippen molar-refractivity contribution < 1.29 is 19.5 Å². The lowest BCUT2D eigenvalue weighted by Gasteiger charge is -2.10. The van der Waals surface area contributed by atoms with Gasteiger partial charge in [0.25, 0.3) is 0 Å². The molecule has 0 radical (unpaired) electrons. The average molecular weight is 249 g/mol. The summed E-state index contributed by atoms with van der Waals surface area (Å²) >= 11 is 0. The molecule has 0 heterocycles. The van der Waals surface area contributed by atoms with Crippen LogP contribution in [0.4, 0.5) is 0 Å². The van der Waals surface area contributed by atoms with E-state index in [4.69, 9.17) is 14.7 Å². The summed E-state index contributed by atoms with van der Waals surface area (Å²) in [5.41, 5.74) is 1.52. The van der Waals surface area contributed by atoms with E-state index in [1.54, 1.807) is 25.1 Å². The Morgan fingerprint density at radius 1 is 1.56 bits per heavy atom. The van der Waals surface area contributed by atoms with Gasteiger partial charge in [0, 0.05) is 0 Å². The smallest absolute Gasteiger partial charge is 0.373 e. The first-order chi connectivity index (χ1) is 8.58. The first kappa shape index (κ1) is 13.8. The number of ether oxygens (including phenoxy) is 2. The molecule has 0 aliphatic carbocycles. The number of carbonyl (C=O) groups excluding carboxylic acids is 1. The van der Waals surface area contributed by atoms with Crippen LogP contribution in [0.5, 0.6) is 5.75 Å². The maximum atomic E-state index is 11.3. The Bertz CT molecular complexity index is 480. The molecule has 1 aromatic rings. The highest BCUT2D eigenvalue weighted by Crippen LogP contribution is 2.20. The number of hydrogen-bond donors (Lipinski definition) is 1. The highest BCUT2D eigenvalue weighted by atomic mass is 16.6. The SMILES string of the molecule is C=C(Oc1ccc(/C=N/O)cc1C)C(=O)OCC. The van der Waals surface area contributed by atoms with E-state index in [9.17, 15) is 4.79 Å². The molecule has 0 amide bonds. The highest BCUT2D eigenvalue weighted by molar-refractivity contribution is 5.86. The second-order valence-electron chi connectivity index (χ2n) is 3.52. The van der Waals surface area contributed by atoms with Crippen molar-refractivity contribution in [1.82, 2.24) is 0 Å². The molecule has 0 fully saturated rings. The van der Waals surface area contributed by atoms with Gasteiger partial charge in [0.1, 0.15) is 5.75 Å². The molecule has 0 spiro atoms. The minimum atomic E-state index is -0.585. The van der Waals surface area contributed by atoms with Gasteiger partial charge in [-0.3, -0.25) is 0 Å². The topological polar surface area (TPSA) is 68.1 Å². The Morgan fingerprint density at radius 2 is 2.28 bits per heavy atom. The third-order valence-corrected chi connectivity index (χ3v) is 2.14. The summed E-state index contributed by atoms with van der Waals surface area (Å²) in [7, 11) is 0. The molecule has 0 saturated heterocycles. The van der Waals surface area contributed by atoms with Crippen LogP contribution < -0.4 is 4.74 Å². The zero-order valence-electron chi connectivity index (χ0n) is 10.3. The Labute approximate surface area is 105 Å². The van der Waals surface area contributed by atoms with Crippen LogP contribution in [-0.2, 0) is 9.53 Å². The molecule has 0 saturated carbocycles. The number of benzene rings is 1. The van der Waals surface area contributed by atoms with E-state index in [1.165, 1.54) is 6.21 Å². The summed E-state index contributed by atoms with van der Waals surface area (Å²) in [5.74, 6) is -0.149. The minimum Gasteiger partial charge on any atom is -0.460 e. The minimum absolute atomic E-state index is 0.0662. The van der Waals surface area contributed by atoms with Crippen molar-refractivity contribution in [2.45, 2.75) is 13.8 Å². The number of aryl methyl sites for hydroxylation is 1. The van der Waals surface area contributed by atoms with E-state index < -0.39 is 5.97 Å². The quantitative estimate of drug-likeness (QED) is 0.217. The molecule has 5 nitrogen and oxygen atoms in total. The molecule has 0 bridgehead atoms. The first-order valence-corrected chi connectivity index (χ1v) is 5.40. The number of rotatable bonds is 5. The van der Waals surface area contributed by atoms with E-state index in [0.29, 0.717) is 5.75 Å². The van der Waals surface area contributed by atoms with E-state index in [2.05, 4.69) is 11.7 Å². The van der Waals surface area contributed by atoms with Crippen molar-refractivity contribution in [3.8, 4) is 5.75 Å². The number of oxime groups is 1. The third-order valence-electron chi connectivity index (χ3n) is 2.14. The second-order valence-corrected chi connectivity index (χ2v) is 3.52. The van der Waals surface area contributed by atoms with Crippen LogP contribution in [0.1, 0.15) is 18.1 Å². The van der Waals surface area contributed by atoms with E-state index in [-0.39, 0.29) is 12.4 Å². The molecule has 18 heavy (non-hydrogen) atoms. The van der Waals surface area contributed by atoms with Crippen LogP contribution in [0.3, 0.4) is 0 Å². The molecule has 1 rings (SSSR count). The number of nitrogens with zero attached hydrogens (tertiary/aromatic N) is 1. The van der Waals surface area contributed by atoms with Gasteiger partial charge in [-0.15, -0.1) is 0 Å². The number of carbonyl (C=O) groups is 1. The van der Waals surface area contributed by atoms with Gasteiger partial charge in [0.2, 0.25) is 5.76 Å². The zero-order chi connectivity index (χ0) is 13.5. The van der Waals surface area contributed by atoms with E-state index >= 15 is 0 Å². The van der Waals surface area contributed by atoms with Gasteiger partial charge in [-0.2, -0.15) is 0 Å². The van der Waals surface area contributed by atoms with Gasteiger partial charge in [0.15, 0.2) is 0 Å². The van der Waals surface area contributed by atoms with E-state index in [0.717, 1.165) is 11.1 Å². The Kier molecular flexibility index (Phi) is 4.92. The van der Waals surface area contributed by atoms with Crippen LogP contribution in [0.25, 0.3) is 0 Å². The predicted octanol–water partition coefficient (Wildman–Crippen LogP) is 2.26. The molecule has 1 N–H and O–H groups in total. The number of hydrogen-bond acceptors (Lipinski definition) is 5. The maximum absolute atomic E-state index is 11.3. The molecule has 0 aromatic heterocycles. The molecular weight excluding hydrogens is 234 g/mol. The number of esters is 1. The summed E-state index contributed by atoms with van der Waals surface area (Å²) in [4.78, 5) is 11.3. The monoisotopic (exact) mass is 249 g/mol. The van der Waals surface area contributed by atoms with Crippen molar-refractivity contribution in [2.75, 3.05) is 6.61 Å². The van der Waals surface area contributed by atoms with Gasteiger partial charge in [-0.05, 0) is 49.8 Å². The lowest BCUT2D eigenvalue weighted by atomic mass is 10.1. The van der Waals surface area contributed by atoms with Gasteiger partial charge in [0.05, 0.1) is 12.8 Å². The molecule has 0 unspecified atom stereocenters. The fourth-order valence-corrected chi connectivity index (χ4v) is 1.32. The molecular formula is C13H15NO4. The summed E-state index contributed by atoms with van der Waals surface area (Å²) in [6.45, 7) is 7.29. The van der Waals surface area contributed by atoms with Crippen LogP contribution in [0.2, 0.25) is 0 Å². The normalized spacial score (nSPS) is 10.3. The van der Waals surface area contributed by atoms with Gasteiger partial charge in [-0.1, -0.05) is 5.16 Å². The van der Waals surface area contributed by atoms with Gasteiger partial charge in [-0.25, -0.2) is 4.79 Å². The summed E-state index contributed by atoms with van der Waals surface area (Å²) in [5, 5.41) is 11.4. The summed E-state index contributed by atoms with van der Waals surface area (Å²) < 4.78 is 10.1. The second kappa shape index (κ2) is 6.44. The standard InChI is InChI=1S/C13H15NO4/c1-4-17-13(15)10(3)18-12-6-5-11(8-14-16)7-9(12)2/h5-8,16H,3-4H2,1-2H3/b14-8+. The fourth-order valence-electron chi connectivity index (χ4n) is 1.32. The highest BCUT2D eigenvalue weighted by Gasteiger charge is 2.11. The lowest BCUT2D eigenvalue weighted by Crippen LogP contribution is -2.12.